The lowest BCUT2D eigenvalue weighted by molar-refractivity contribution is 0.0892. The highest BCUT2D eigenvalue weighted by Gasteiger charge is 2.09. The number of carbonyl (C=O) groups excluding carboxylic acids is 1. The van der Waals surface area contributed by atoms with E-state index in [9.17, 15) is 13.6 Å². The highest BCUT2D eigenvalue weighted by molar-refractivity contribution is 5.98. The molecule has 0 fully saturated rings. The third-order valence-corrected chi connectivity index (χ3v) is 2.23. The summed E-state index contributed by atoms with van der Waals surface area (Å²) < 4.78 is 23.8. The summed E-state index contributed by atoms with van der Waals surface area (Å²) >= 11 is 0. The van der Waals surface area contributed by atoms with E-state index in [1.807, 2.05) is 6.07 Å². The molecule has 3 nitrogen and oxygen atoms in total. The smallest absolute Gasteiger partial charge is 0.255 e. The first-order chi connectivity index (χ1) is 7.66. The second kappa shape index (κ2) is 4.30. The van der Waals surface area contributed by atoms with Gasteiger partial charge in [0.2, 0.25) is 0 Å². The third-order valence-electron chi connectivity index (χ3n) is 2.23. The normalized spacial score (nSPS) is 10.9. The number of carbonyl (C=O) groups is 1. The number of nitrogens with one attached hydrogen (secondary N) is 2. The van der Waals surface area contributed by atoms with Crippen LogP contribution in [0.3, 0.4) is 0 Å². The molecule has 0 aliphatic rings. The van der Waals surface area contributed by atoms with Gasteiger partial charge >= 0.3 is 0 Å². The van der Waals surface area contributed by atoms with Crippen molar-refractivity contribution in [2.45, 2.75) is 6.43 Å². The molecule has 0 aliphatic carbocycles. The van der Waals surface area contributed by atoms with Crippen molar-refractivity contribution in [2.24, 2.45) is 0 Å². The summed E-state index contributed by atoms with van der Waals surface area (Å²) in [7, 11) is 0. The Labute approximate surface area is 90.5 Å². The van der Waals surface area contributed by atoms with Gasteiger partial charge in [-0.25, -0.2) is 8.78 Å². The Kier molecular flexibility index (Phi) is 2.85. The molecule has 0 saturated heterocycles. The monoisotopic (exact) mass is 224 g/mol. The number of amides is 1. The number of alkyl halides is 2. The molecule has 0 bridgehead atoms. The first kappa shape index (κ1) is 10.6. The Balaban J connectivity index is 2.16. The van der Waals surface area contributed by atoms with E-state index in [0.717, 1.165) is 10.9 Å². The first-order valence-electron chi connectivity index (χ1n) is 4.80. The summed E-state index contributed by atoms with van der Waals surface area (Å²) in [6, 6.07) is 6.82. The molecule has 2 N–H and O–H groups in total. The molecule has 5 heteroatoms. The van der Waals surface area contributed by atoms with Gasteiger partial charge in [0.15, 0.2) is 0 Å². The highest BCUT2D eigenvalue weighted by Crippen LogP contribution is 2.14. The standard InChI is InChI=1S/C11H10F2N2O/c12-10(13)6-15-11(16)8-1-2-9-7(5-8)3-4-14-9/h1-5,10,14H,6H2,(H,15,16). The minimum absolute atomic E-state index is 0.382. The van der Waals surface area contributed by atoms with Gasteiger partial charge in [-0.1, -0.05) is 0 Å². The van der Waals surface area contributed by atoms with Crippen LogP contribution >= 0.6 is 0 Å². The summed E-state index contributed by atoms with van der Waals surface area (Å²) in [6.07, 6.45) is -0.772. The number of halogens is 2. The maximum atomic E-state index is 11.9. The van der Waals surface area contributed by atoms with Crippen LogP contribution in [0.4, 0.5) is 8.78 Å². The van der Waals surface area contributed by atoms with Crippen molar-refractivity contribution in [1.29, 1.82) is 0 Å². The molecular weight excluding hydrogens is 214 g/mol. The number of aromatic amines is 1. The second-order valence-electron chi connectivity index (χ2n) is 3.38. The molecular formula is C11H10F2N2O. The topological polar surface area (TPSA) is 44.9 Å². The number of fused-ring (bicyclic) bond motifs is 1. The van der Waals surface area contributed by atoms with Gasteiger partial charge in [0.05, 0.1) is 6.54 Å². The van der Waals surface area contributed by atoms with Crippen molar-refractivity contribution in [1.82, 2.24) is 10.3 Å². The second-order valence-corrected chi connectivity index (χ2v) is 3.38. The summed E-state index contributed by atoms with van der Waals surface area (Å²) in [5.74, 6) is -0.483. The molecule has 0 spiro atoms. The Morgan fingerprint density at radius 2 is 2.19 bits per heavy atom. The van der Waals surface area contributed by atoms with Gasteiger partial charge in [0, 0.05) is 22.7 Å². The van der Waals surface area contributed by atoms with Crippen molar-refractivity contribution >= 4 is 16.8 Å². The Morgan fingerprint density at radius 3 is 2.94 bits per heavy atom. The lowest BCUT2D eigenvalue weighted by Crippen LogP contribution is -2.28. The molecule has 84 valence electrons. The molecule has 2 aromatic rings. The number of rotatable bonds is 3. The fourth-order valence-corrected chi connectivity index (χ4v) is 1.47. The van der Waals surface area contributed by atoms with Gasteiger partial charge in [0.25, 0.3) is 12.3 Å². The largest absolute Gasteiger partial charge is 0.361 e. The van der Waals surface area contributed by atoms with Crippen LogP contribution < -0.4 is 5.32 Å². The summed E-state index contributed by atoms with van der Waals surface area (Å²) in [5, 5.41) is 3.04. The van der Waals surface area contributed by atoms with Gasteiger partial charge in [-0.3, -0.25) is 4.79 Å². The van der Waals surface area contributed by atoms with Crippen molar-refractivity contribution in [2.75, 3.05) is 6.54 Å². The predicted molar refractivity (Wildman–Crippen MR) is 56.6 cm³/mol. The molecule has 0 radical (unpaired) electrons. The number of H-pyrrole nitrogens is 1. The van der Waals surface area contributed by atoms with Crippen molar-refractivity contribution in [3.63, 3.8) is 0 Å². The van der Waals surface area contributed by atoms with Crippen LogP contribution in [-0.2, 0) is 0 Å². The number of benzene rings is 1. The van der Waals surface area contributed by atoms with Gasteiger partial charge in [0.1, 0.15) is 0 Å². The molecule has 16 heavy (non-hydrogen) atoms. The molecule has 0 saturated carbocycles. The number of aromatic nitrogens is 1. The predicted octanol–water partition coefficient (Wildman–Crippen LogP) is 2.16. The maximum absolute atomic E-state index is 11.9. The van der Waals surface area contributed by atoms with E-state index in [2.05, 4.69) is 10.3 Å². The van der Waals surface area contributed by atoms with Crippen LogP contribution in [0.15, 0.2) is 30.5 Å². The summed E-state index contributed by atoms with van der Waals surface area (Å²) in [6.45, 7) is -0.621. The fourth-order valence-electron chi connectivity index (χ4n) is 1.47. The summed E-state index contributed by atoms with van der Waals surface area (Å²) in [5.41, 5.74) is 1.29. The van der Waals surface area contributed by atoms with E-state index >= 15 is 0 Å². The first-order valence-corrected chi connectivity index (χ1v) is 4.80. The van der Waals surface area contributed by atoms with Crippen LogP contribution in [-0.4, -0.2) is 23.9 Å². The van der Waals surface area contributed by atoms with Gasteiger partial charge in [-0.05, 0) is 24.3 Å². The minimum Gasteiger partial charge on any atom is -0.361 e. The van der Waals surface area contributed by atoms with Crippen LogP contribution in [0.2, 0.25) is 0 Å². The fraction of sp³-hybridized carbons (Fsp3) is 0.182. The molecule has 0 atom stereocenters. The van der Waals surface area contributed by atoms with E-state index in [0.29, 0.717) is 5.56 Å². The van der Waals surface area contributed by atoms with Gasteiger partial charge < -0.3 is 10.3 Å². The number of hydrogen-bond donors (Lipinski definition) is 2. The Hall–Kier alpha value is -1.91. The molecule has 2 rings (SSSR count). The zero-order valence-corrected chi connectivity index (χ0v) is 8.34. The van der Waals surface area contributed by atoms with Crippen molar-refractivity contribution in [3.05, 3.63) is 36.0 Å². The SMILES string of the molecule is O=C(NCC(F)F)c1ccc2[nH]ccc2c1. The summed E-state index contributed by atoms with van der Waals surface area (Å²) in [4.78, 5) is 14.4. The quantitative estimate of drug-likeness (QED) is 0.824. The van der Waals surface area contributed by atoms with Crippen LogP contribution in [0.1, 0.15) is 10.4 Å². The molecule has 1 aromatic heterocycles. The highest BCUT2D eigenvalue weighted by atomic mass is 19.3. The zero-order chi connectivity index (χ0) is 11.5. The van der Waals surface area contributed by atoms with E-state index in [1.54, 1.807) is 24.4 Å². The molecule has 1 heterocycles. The van der Waals surface area contributed by atoms with Crippen molar-refractivity contribution in [3.8, 4) is 0 Å². The average Bonchev–Trinajstić information content (AvgIpc) is 2.72. The number of hydrogen-bond acceptors (Lipinski definition) is 1. The molecule has 0 aliphatic heterocycles. The van der Waals surface area contributed by atoms with Gasteiger partial charge in [-0.2, -0.15) is 0 Å². The van der Waals surface area contributed by atoms with Crippen LogP contribution in [0.5, 0.6) is 0 Å². The van der Waals surface area contributed by atoms with E-state index in [1.165, 1.54) is 0 Å². The third kappa shape index (κ3) is 2.18. The Morgan fingerprint density at radius 1 is 1.38 bits per heavy atom. The van der Waals surface area contributed by atoms with Crippen LogP contribution in [0, 0.1) is 0 Å². The lowest BCUT2D eigenvalue weighted by atomic mass is 10.1. The maximum Gasteiger partial charge on any atom is 0.255 e. The molecule has 1 amide bonds. The van der Waals surface area contributed by atoms with Gasteiger partial charge in [-0.15, -0.1) is 0 Å². The van der Waals surface area contributed by atoms with Crippen molar-refractivity contribution < 1.29 is 13.6 Å². The average molecular weight is 224 g/mol. The molecule has 1 aromatic carbocycles. The lowest BCUT2D eigenvalue weighted by Gasteiger charge is -2.04. The molecule has 0 unspecified atom stereocenters. The van der Waals surface area contributed by atoms with E-state index in [4.69, 9.17) is 0 Å². The van der Waals surface area contributed by atoms with E-state index < -0.39 is 18.9 Å². The Bertz CT molecular complexity index is 507. The van der Waals surface area contributed by atoms with Crippen LogP contribution in [0.25, 0.3) is 10.9 Å². The minimum atomic E-state index is -2.53. The zero-order valence-electron chi connectivity index (χ0n) is 8.34. The van der Waals surface area contributed by atoms with E-state index in [-0.39, 0.29) is 0 Å².